The van der Waals surface area contributed by atoms with Gasteiger partial charge in [-0.3, -0.25) is 4.79 Å². The van der Waals surface area contributed by atoms with E-state index in [4.69, 9.17) is 10.2 Å². The van der Waals surface area contributed by atoms with Crippen molar-refractivity contribution in [1.29, 1.82) is 0 Å². The first-order chi connectivity index (χ1) is 8.47. The number of carboxylic acid groups (broad SMARTS) is 1. The molecule has 0 saturated carbocycles. The van der Waals surface area contributed by atoms with E-state index in [0.29, 0.717) is 6.54 Å². The van der Waals surface area contributed by atoms with Crippen LogP contribution in [0.4, 0.5) is 4.79 Å². The number of hydrogen-bond donors (Lipinski definition) is 2. The lowest BCUT2D eigenvalue weighted by Crippen LogP contribution is -2.49. The Morgan fingerprint density at radius 2 is 2.11 bits per heavy atom. The lowest BCUT2D eigenvalue weighted by Gasteiger charge is -2.33. The zero-order chi connectivity index (χ0) is 13.7. The van der Waals surface area contributed by atoms with E-state index in [-0.39, 0.29) is 37.7 Å². The van der Waals surface area contributed by atoms with Crippen LogP contribution in [0.25, 0.3) is 0 Å². The summed E-state index contributed by atoms with van der Waals surface area (Å²) in [7, 11) is 0. The maximum absolute atomic E-state index is 12.3. The summed E-state index contributed by atoms with van der Waals surface area (Å²) in [6.07, 6.45) is 1.58. The second kappa shape index (κ2) is 6.58. The number of likely N-dealkylation sites (tertiary alicyclic amines) is 1. The first-order valence-corrected chi connectivity index (χ1v) is 6.37. The number of hydrogen-bond acceptors (Lipinski definition) is 3. The van der Waals surface area contributed by atoms with Crippen molar-refractivity contribution in [2.75, 3.05) is 19.7 Å². The zero-order valence-corrected chi connectivity index (χ0v) is 11.0. The van der Waals surface area contributed by atoms with Gasteiger partial charge in [-0.05, 0) is 26.7 Å². The van der Waals surface area contributed by atoms with Gasteiger partial charge in [-0.2, -0.15) is 0 Å². The van der Waals surface area contributed by atoms with E-state index in [2.05, 4.69) is 0 Å². The van der Waals surface area contributed by atoms with Crippen LogP contribution in [0.5, 0.6) is 0 Å². The number of urea groups is 1. The molecule has 1 rings (SSSR count). The smallest absolute Gasteiger partial charge is 0.320 e. The first-order valence-electron chi connectivity index (χ1n) is 6.37. The molecule has 0 aromatic heterocycles. The highest BCUT2D eigenvalue weighted by Gasteiger charge is 2.33. The van der Waals surface area contributed by atoms with Crippen LogP contribution in [0.2, 0.25) is 0 Å². The fraction of sp³-hybridized carbons (Fsp3) is 0.833. The van der Waals surface area contributed by atoms with Gasteiger partial charge in [0.25, 0.3) is 0 Å². The van der Waals surface area contributed by atoms with Crippen LogP contribution in [-0.2, 0) is 4.79 Å². The number of rotatable bonds is 5. The molecule has 6 heteroatoms. The molecule has 104 valence electrons. The molecule has 0 aliphatic carbocycles. The van der Waals surface area contributed by atoms with Crippen LogP contribution in [-0.4, -0.2) is 63.8 Å². The quantitative estimate of drug-likeness (QED) is 0.762. The highest BCUT2D eigenvalue weighted by Crippen LogP contribution is 2.22. The van der Waals surface area contributed by atoms with Gasteiger partial charge < -0.3 is 20.0 Å². The topological polar surface area (TPSA) is 81.1 Å². The summed E-state index contributed by atoms with van der Waals surface area (Å²) in [5.41, 5.74) is 0. The Kier molecular flexibility index (Phi) is 5.40. The van der Waals surface area contributed by atoms with Gasteiger partial charge in [0.1, 0.15) is 0 Å². The highest BCUT2D eigenvalue weighted by molar-refractivity contribution is 5.76. The summed E-state index contributed by atoms with van der Waals surface area (Å²) < 4.78 is 0. The Balaban J connectivity index is 2.70. The van der Waals surface area contributed by atoms with Crippen LogP contribution < -0.4 is 0 Å². The molecule has 0 radical (unpaired) electrons. The molecule has 2 N–H and O–H groups in total. The standard InChI is InChI=1S/C12H22N2O4/c1-9(2)13(6-7-15)12(18)14-5-3-4-10(14)8-11(16)17/h9-10,15H,3-8H2,1-2H3,(H,16,17). The molecule has 1 saturated heterocycles. The minimum absolute atomic E-state index is 0.00317. The number of aliphatic hydroxyl groups excluding tert-OH is 1. The highest BCUT2D eigenvalue weighted by atomic mass is 16.4. The fourth-order valence-electron chi connectivity index (χ4n) is 2.35. The van der Waals surface area contributed by atoms with Crippen LogP contribution >= 0.6 is 0 Å². The third-order valence-corrected chi connectivity index (χ3v) is 3.24. The Hall–Kier alpha value is -1.30. The number of carbonyl (C=O) groups is 2. The fourth-order valence-corrected chi connectivity index (χ4v) is 2.35. The Bertz CT molecular complexity index is 306. The van der Waals surface area contributed by atoms with Crippen molar-refractivity contribution in [3.8, 4) is 0 Å². The predicted octanol–water partition coefficient (Wildman–Crippen LogP) is 0.748. The molecule has 1 aliphatic heterocycles. The molecule has 0 aromatic rings. The molecule has 1 fully saturated rings. The predicted molar refractivity (Wildman–Crippen MR) is 66.3 cm³/mol. The van der Waals surface area contributed by atoms with Gasteiger partial charge in [0.2, 0.25) is 0 Å². The van der Waals surface area contributed by atoms with Crippen LogP contribution in [0.1, 0.15) is 33.1 Å². The number of carboxylic acids is 1. The van der Waals surface area contributed by atoms with E-state index in [0.717, 1.165) is 12.8 Å². The molecule has 0 aromatic carbocycles. The van der Waals surface area contributed by atoms with E-state index >= 15 is 0 Å². The number of amides is 2. The monoisotopic (exact) mass is 258 g/mol. The van der Waals surface area contributed by atoms with Crippen molar-refractivity contribution in [3.05, 3.63) is 0 Å². The molecule has 1 heterocycles. The summed E-state index contributed by atoms with van der Waals surface area (Å²) in [6.45, 7) is 4.57. The lowest BCUT2D eigenvalue weighted by molar-refractivity contribution is -0.138. The van der Waals surface area contributed by atoms with Gasteiger partial charge in [0, 0.05) is 25.2 Å². The zero-order valence-electron chi connectivity index (χ0n) is 11.0. The number of aliphatic carboxylic acids is 1. The van der Waals surface area contributed by atoms with Gasteiger partial charge in [-0.1, -0.05) is 0 Å². The van der Waals surface area contributed by atoms with Crippen molar-refractivity contribution < 1.29 is 19.8 Å². The minimum Gasteiger partial charge on any atom is -0.481 e. The third kappa shape index (κ3) is 3.60. The van der Waals surface area contributed by atoms with Crippen molar-refractivity contribution in [2.45, 2.75) is 45.2 Å². The van der Waals surface area contributed by atoms with Crippen LogP contribution in [0.15, 0.2) is 0 Å². The molecule has 1 atom stereocenters. The molecule has 6 nitrogen and oxygen atoms in total. The molecule has 0 spiro atoms. The second-order valence-corrected chi connectivity index (χ2v) is 4.88. The van der Waals surface area contributed by atoms with Crippen molar-refractivity contribution in [2.24, 2.45) is 0 Å². The second-order valence-electron chi connectivity index (χ2n) is 4.88. The van der Waals surface area contributed by atoms with E-state index in [1.54, 1.807) is 9.80 Å². The molecule has 0 bridgehead atoms. The van der Waals surface area contributed by atoms with Crippen molar-refractivity contribution >= 4 is 12.0 Å². The van der Waals surface area contributed by atoms with Crippen LogP contribution in [0.3, 0.4) is 0 Å². The van der Waals surface area contributed by atoms with E-state index in [1.807, 2.05) is 13.8 Å². The Labute approximate surface area is 107 Å². The summed E-state index contributed by atoms with van der Waals surface area (Å²) in [6, 6.07) is -0.381. The molecular formula is C12H22N2O4. The molecular weight excluding hydrogens is 236 g/mol. The first kappa shape index (κ1) is 14.8. The largest absolute Gasteiger partial charge is 0.481 e. The van der Waals surface area contributed by atoms with Gasteiger partial charge in [0.05, 0.1) is 13.0 Å². The number of aliphatic hydroxyl groups is 1. The Morgan fingerprint density at radius 1 is 1.44 bits per heavy atom. The average Bonchev–Trinajstić information content (AvgIpc) is 2.71. The molecule has 2 amide bonds. The average molecular weight is 258 g/mol. The van der Waals surface area contributed by atoms with Crippen molar-refractivity contribution in [1.82, 2.24) is 9.80 Å². The minimum atomic E-state index is -0.877. The van der Waals surface area contributed by atoms with Gasteiger partial charge in [0.15, 0.2) is 0 Å². The summed E-state index contributed by atoms with van der Waals surface area (Å²) in [5.74, 6) is -0.877. The molecule has 1 unspecified atom stereocenters. The lowest BCUT2D eigenvalue weighted by atomic mass is 10.1. The maximum atomic E-state index is 12.3. The summed E-state index contributed by atoms with van der Waals surface area (Å²) in [5, 5.41) is 17.8. The van der Waals surface area contributed by atoms with Gasteiger partial charge in [-0.25, -0.2) is 4.79 Å². The SMILES string of the molecule is CC(C)N(CCO)C(=O)N1CCCC1CC(=O)O. The van der Waals surface area contributed by atoms with Crippen LogP contribution in [0, 0.1) is 0 Å². The van der Waals surface area contributed by atoms with Gasteiger partial charge >= 0.3 is 12.0 Å². The van der Waals surface area contributed by atoms with E-state index in [9.17, 15) is 9.59 Å². The normalized spacial score (nSPS) is 19.3. The number of carbonyl (C=O) groups excluding carboxylic acids is 1. The molecule has 18 heavy (non-hydrogen) atoms. The third-order valence-electron chi connectivity index (χ3n) is 3.24. The summed E-state index contributed by atoms with van der Waals surface area (Å²) >= 11 is 0. The van der Waals surface area contributed by atoms with E-state index < -0.39 is 5.97 Å². The Morgan fingerprint density at radius 3 is 2.61 bits per heavy atom. The number of nitrogens with zero attached hydrogens (tertiary/aromatic N) is 2. The maximum Gasteiger partial charge on any atom is 0.320 e. The summed E-state index contributed by atoms with van der Waals surface area (Å²) in [4.78, 5) is 26.3. The van der Waals surface area contributed by atoms with Gasteiger partial charge in [-0.15, -0.1) is 0 Å². The molecule has 1 aliphatic rings. The van der Waals surface area contributed by atoms with E-state index in [1.165, 1.54) is 0 Å². The van der Waals surface area contributed by atoms with Crippen molar-refractivity contribution in [3.63, 3.8) is 0 Å².